The first-order valence-corrected chi connectivity index (χ1v) is 11.5. The van der Waals surface area contributed by atoms with Crippen LogP contribution >= 0.6 is 22.3 Å². The highest BCUT2D eigenvalue weighted by atomic mass is 35.7. The molecule has 3 heterocycles. The number of benzene rings is 2. The fourth-order valence-electron chi connectivity index (χ4n) is 3.25. The van der Waals surface area contributed by atoms with Gasteiger partial charge in [0.15, 0.2) is 43.5 Å². The standard InChI is InChI=1S/C20H13Cl2N6OS/c21-13-6-2-4-8-15(13)28-16(27-14-7-3-1-5-12(14)20(28)29)9-30(22)19-17-18(24-10-23-17)25-11-26-19/h1-8,10-11H,9H2,(H,23,24,25,26)/q+1. The molecule has 0 aliphatic rings. The molecule has 0 aliphatic carbocycles. The minimum atomic E-state index is -0.895. The van der Waals surface area contributed by atoms with Crippen LogP contribution in [-0.4, -0.2) is 29.5 Å². The molecule has 0 fully saturated rings. The normalized spacial score (nSPS) is 12.5. The maximum absolute atomic E-state index is 13.4. The number of nitrogens with zero attached hydrogens (tertiary/aromatic N) is 5. The number of aromatic nitrogens is 6. The Labute approximate surface area is 182 Å². The topological polar surface area (TPSA) is 89.3 Å². The molecule has 0 amide bonds. The maximum Gasteiger partial charge on any atom is 0.296 e. The second-order valence-corrected chi connectivity index (χ2v) is 9.25. The number of halogens is 2. The first-order chi connectivity index (χ1) is 14.6. The van der Waals surface area contributed by atoms with Crippen LogP contribution in [0, 0.1) is 0 Å². The summed E-state index contributed by atoms with van der Waals surface area (Å²) in [5.74, 6) is 0.772. The lowest BCUT2D eigenvalue weighted by molar-refractivity contribution is 0.882. The van der Waals surface area contributed by atoms with Crippen LogP contribution < -0.4 is 5.56 Å². The van der Waals surface area contributed by atoms with E-state index in [9.17, 15) is 4.79 Å². The van der Waals surface area contributed by atoms with Crippen LogP contribution in [0.4, 0.5) is 0 Å². The van der Waals surface area contributed by atoms with Crippen LogP contribution in [0.15, 0.2) is 71.0 Å². The van der Waals surface area contributed by atoms with E-state index in [4.69, 9.17) is 27.3 Å². The zero-order chi connectivity index (χ0) is 20.7. The van der Waals surface area contributed by atoms with Gasteiger partial charge in [-0.25, -0.2) is 15.0 Å². The van der Waals surface area contributed by atoms with Crippen LogP contribution in [-0.2, 0) is 15.9 Å². The highest BCUT2D eigenvalue weighted by molar-refractivity contribution is 8.17. The summed E-state index contributed by atoms with van der Waals surface area (Å²) >= 11 is 6.42. The van der Waals surface area contributed by atoms with Crippen molar-refractivity contribution in [2.75, 3.05) is 0 Å². The third-order valence-corrected chi connectivity index (χ3v) is 6.92. The molecule has 3 aromatic heterocycles. The van der Waals surface area contributed by atoms with Crippen LogP contribution in [0.2, 0.25) is 5.02 Å². The Balaban J connectivity index is 1.70. The number of imidazole rings is 1. The Kier molecular flexibility index (Phi) is 4.90. The second kappa shape index (κ2) is 7.71. The molecule has 0 saturated carbocycles. The van der Waals surface area contributed by atoms with Crippen molar-refractivity contribution in [3.05, 3.63) is 82.4 Å². The predicted octanol–water partition coefficient (Wildman–Crippen LogP) is 4.04. The monoisotopic (exact) mass is 455 g/mol. The number of nitrogens with one attached hydrogen (secondary N) is 1. The van der Waals surface area contributed by atoms with Gasteiger partial charge in [0.2, 0.25) is 0 Å². The quantitative estimate of drug-likeness (QED) is 0.326. The van der Waals surface area contributed by atoms with E-state index in [0.29, 0.717) is 43.6 Å². The predicted molar refractivity (Wildman–Crippen MR) is 119 cm³/mol. The molecule has 1 N–H and O–H groups in total. The lowest BCUT2D eigenvalue weighted by Gasteiger charge is -2.13. The molecular weight excluding hydrogens is 443 g/mol. The molecule has 1 atom stereocenters. The van der Waals surface area contributed by atoms with Crippen LogP contribution in [0.3, 0.4) is 0 Å². The highest BCUT2D eigenvalue weighted by Crippen LogP contribution is 2.27. The number of H-pyrrole nitrogens is 1. The summed E-state index contributed by atoms with van der Waals surface area (Å²) in [5.41, 5.74) is 2.16. The molecule has 5 rings (SSSR count). The molecular formula is C20H13Cl2N6OS+. The van der Waals surface area contributed by atoms with Gasteiger partial charge in [-0.05, 0) is 24.3 Å². The number of hydrogen-bond acceptors (Lipinski definition) is 5. The van der Waals surface area contributed by atoms with E-state index in [0.717, 1.165) is 0 Å². The Hall–Kier alpha value is -2.94. The Morgan fingerprint density at radius 1 is 1.03 bits per heavy atom. The van der Waals surface area contributed by atoms with Gasteiger partial charge in [0.05, 0.1) is 27.9 Å². The Bertz CT molecular complexity index is 1450. The third kappa shape index (κ3) is 3.23. The van der Waals surface area contributed by atoms with Gasteiger partial charge < -0.3 is 4.98 Å². The molecule has 1 unspecified atom stereocenters. The third-order valence-electron chi connectivity index (χ3n) is 4.59. The van der Waals surface area contributed by atoms with Crippen molar-refractivity contribution in [3.8, 4) is 5.69 Å². The van der Waals surface area contributed by atoms with Crippen LogP contribution in [0.5, 0.6) is 0 Å². The van der Waals surface area contributed by atoms with Crippen molar-refractivity contribution in [3.63, 3.8) is 0 Å². The van der Waals surface area contributed by atoms with Gasteiger partial charge in [-0.2, -0.15) is 4.98 Å². The molecule has 2 aromatic carbocycles. The zero-order valence-electron chi connectivity index (χ0n) is 15.3. The number of aromatic amines is 1. The minimum Gasteiger partial charge on any atom is -0.338 e. The smallest absolute Gasteiger partial charge is 0.296 e. The van der Waals surface area contributed by atoms with Gasteiger partial charge in [-0.3, -0.25) is 9.36 Å². The van der Waals surface area contributed by atoms with Crippen molar-refractivity contribution >= 4 is 54.5 Å². The van der Waals surface area contributed by atoms with E-state index >= 15 is 0 Å². The second-order valence-electron chi connectivity index (χ2n) is 6.39. The van der Waals surface area contributed by atoms with Gasteiger partial charge in [0.25, 0.3) is 10.6 Å². The van der Waals surface area contributed by atoms with Crippen molar-refractivity contribution in [2.45, 2.75) is 10.8 Å². The van der Waals surface area contributed by atoms with E-state index < -0.39 is 10.1 Å². The van der Waals surface area contributed by atoms with Crippen molar-refractivity contribution in [1.82, 2.24) is 29.5 Å². The van der Waals surface area contributed by atoms with Crippen LogP contribution in [0.1, 0.15) is 5.82 Å². The average molecular weight is 456 g/mol. The van der Waals surface area contributed by atoms with Crippen molar-refractivity contribution in [1.29, 1.82) is 0 Å². The zero-order valence-corrected chi connectivity index (χ0v) is 17.6. The molecule has 0 saturated heterocycles. The summed E-state index contributed by atoms with van der Waals surface area (Å²) in [4.78, 5) is 33.8. The van der Waals surface area contributed by atoms with E-state index in [2.05, 4.69) is 19.9 Å². The number of fused-ring (bicyclic) bond motifs is 2. The maximum atomic E-state index is 13.4. The summed E-state index contributed by atoms with van der Waals surface area (Å²) in [5, 5.41) is 1.58. The van der Waals surface area contributed by atoms with Gasteiger partial charge in [0.1, 0.15) is 6.33 Å². The molecule has 30 heavy (non-hydrogen) atoms. The van der Waals surface area contributed by atoms with Gasteiger partial charge >= 0.3 is 0 Å². The van der Waals surface area contributed by atoms with Gasteiger partial charge in [-0.1, -0.05) is 35.9 Å². The summed E-state index contributed by atoms with van der Waals surface area (Å²) in [7, 11) is 5.89. The first-order valence-electron chi connectivity index (χ1n) is 8.90. The molecule has 5 aromatic rings. The van der Waals surface area contributed by atoms with E-state index in [-0.39, 0.29) is 11.3 Å². The summed E-state index contributed by atoms with van der Waals surface area (Å²) in [6.45, 7) is 0. The van der Waals surface area contributed by atoms with Crippen LogP contribution in [0.25, 0.3) is 27.8 Å². The lowest BCUT2D eigenvalue weighted by Crippen LogP contribution is -2.25. The minimum absolute atomic E-state index is 0.202. The Morgan fingerprint density at radius 2 is 1.83 bits per heavy atom. The van der Waals surface area contributed by atoms with Gasteiger partial charge in [0, 0.05) is 0 Å². The van der Waals surface area contributed by atoms with Crippen molar-refractivity contribution < 1.29 is 0 Å². The largest absolute Gasteiger partial charge is 0.338 e. The van der Waals surface area contributed by atoms with Gasteiger partial charge in [-0.15, -0.1) is 0 Å². The number of hydrogen-bond donors (Lipinski definition) is 1. The molecule has 0 spiro atoms. The highest BCUT2D eigenvalue weighted by Gasteiger charge is 2.30. The summed E-state index contributed by atoms with van der Waals surface area (Å²) in [6, 6.07) is 14.4. The van der Waals surface area contributed by atoms with E-state index in [1.807, 2.05) is 24.3 Å². The lowest BCUT2D eigenvalue weighted by atomic mass is 10.2. The molecule has 0 bridgehead atoms. The fraction of sp³-hybridized carbons (Fsp3) is 0.0500. The van der Waals surface area contributed by atoms with Crippen molar-refractivity contribution in [2.24, 2.45) is 0 Å². The molecule has 0 aliphatic heterocycles. The average Bonchev–Trinajstić information content (AvgIpc) is 3.24. The molecule has 10 heteroatoms. The fourth-order valence-corrected chi connectivity index (χ4v) is 5.20. The van der Waals surface area contributed by atoms with E-state index in [1.165, 1.54) is 10.9 Å². The SMILES string of the molecule is O=c1c2ccccc2nc(C[S+](Cl)c2ncnc3nc[nH]c23)n1-c1ccccc1Cl. The molecule has 0 radical (unpaired) electrons. The first kappa shape index (κ1) is 19.0. The summed E-state index contributed by atoms with van der Waals surface area (Å²) < 4.78 is 1.53. The Morgan fingerprint density at radius 3 is 2.70 bits per heavy atom. The number of rotatable bonds is 4. The molecule has 148 valence electrons. The summed E-state index contributed by atoms with van der Waals surface area (Å²) in [6.07, 6.45) is 2.97. The van der Waals surface area contributed by atoms with E-state index in [1.54, 1.807) is 30.6 Å². The number of para-hydroxylation sites is 2. The molecule has 7 nitrogen and oxygen atoms in total.